The smallest absolute Gasteiger partial charge is 0.196 e. The zero-order chi connectivity index (χ0) is 14.8. The quantitative estimate of drug-likeness (QED) is 0.653. The van der Waals surface area contributed by atoms with Crippen molar-refractivity contribution in [3.8, 4) is 5.69 Å². The van der Waals surface area contributed by atoms with Crippen LogP contribution in [0.15, 0.2) is 65.8 Å². The number of benzene rings is 2. The Kier molecular flexibility index (Phi) is 3.69. The molecule has 3 nitrogen and oxygen atoms in total. The van der Waals surface area contributed by atoms with Crippen LogP contribution < -0.4 is 0 Å². The van der Waals surface area contributed by atoms with Gasteiger partial charge in [-0.2, -0.15) is 0 Å². The summed E-state index contributed by atoms with van der Waals surface area (Å²) < 4.78 is 2.23. The third kappa shape index (κ3) is 2.79. The van der Waals surface area contributed by atoms with Gasteiger partial charge in [0.25, 0.3) is 0 Å². The summed E-state index contributed by atoms with van der Waals surface area (Å²) >= 11 is 1.75. The van der Waals surface area contributed by atoms with Gasteiger partial charge in [-0.1, -0.05) is 60.3 Å². The fourth-order valence-electron chi connectivity index (χ4n) is 2.52. The number of hydrogen-bond acceptors (Lipinski definition) is 3. The Bertz CT molecular complexity index is 749. The van der Waals surface area contributed by atoms with Crippen LogP contribution in [0.4, 0.5) is 0 Å². The van der Waals surface area contributed by atoms with E-state index in [4.69, 9.17) is 0 Å². The molecular weight excluding hydrogens is 290 g/mol. The van der Waals surface area contributed by atoms with Crippen molar-refractivity contribution in [2.75, 3.05) is 0 Å². The molecule has 1 fully saturated rings. The van der Waals surface area contributed by atoms with E-state index in [1.165, 1.54) is 18.4 Å². The van der Waals surface area contributed by atoms with Crippen molar-refractivity contribution in [2.45, 2.75) is 29.7 Å². The fraction of sp³-hybridized carbons (Fsp3) is 0.222. The van der Waals surface area contributed by atoms with Crippen LogP contribution in [0, 0.1) is 0 Å². The lowest BCUT2D eigenvalue weighted by molar-refractivity contribution is 0.829. The molecule has 3 aromatic rings. The minimum absolute atomic E-state index is 0.582. The Hall–Kier alpha value is -2.07. The first-order valence-electron chi connectivity index (χ1n) is 7.59. The molecule has 0 radical (unpaired) electrons. The van der Waals surface area contributed by atoms with E-state index in [0.29, 0.717) is 5.92 Å². The summed E-state index contributed by atoms with van der Waals surface area (Å²) in [4.78, 5) is 0. The molecule has 1 aliphatic rings. The van der Waals surface area contributed by atoms with Crippen LogP contribution in [0.1, 0.15) is 30.1 Å². The molecule has 0 saturated heterocycles. The average molecular weight is 307 g/mol. The second-order valence-corrected chi connectivity index (χ2v) is 6.50. The Morgan fingerprint density at radius 1 is 0.909 bits per heavy atom. The van der Waals surface area contributed by atoms with Crippen LogP contribution in [0.2, 0.25) is 0 Å². The Morgan fingerprint density at radius 3 is 2.27 bits per heavy atom. The number of nitrogens with zero attached hydrogens (tertiary/aromatic N) is 3. The van der Waals surface area contributed by atoms with Gasteiger partial charge in [0.15, 0.2) is 5.16 Å². The van der Waals surface area contributed by atoms with Gasteiger partial charge in [-0.3, -0.25) is 4.57 Å². The van der Waals surface area contributed by atoms with Crippen molar-refractivity contribution < 1.29 is 0 Å². The van der Waals surface area contributed by atoms with E-state index in [2.05, 4.69) is 63.3 Å². The first-order valence-corrected chi connectivity index (χ1v) is 8.58. The molecule has 1 aromatic heterocycles. The summed E-state index contributed by atoms with van der Waals surface area (Å²) in [5, 5.41) is 9.89. The minimum atomic E-state index is 0.582. The van der Waals surface area contributed by atoms with Gasteiger partial charge < -0.3 is 0 Å². The van der Waals surface area contributed by atoms with Crippen LogP contribution in [0.25, 0.3) is 5.69 Å². The van der Waals surface area contributed by atoms with Crippen molar-refractivity contribution in [3.05, 3.63) is 72.1 Å². The van der Waals surface area contributed by atoms with Gasteiger partial charge in [0.1, 0.15) is 5.82 Å². The van der Waals surface area contributed by atoms with Crippen LogP contribution >= 0.6 is 11.8 Å². The van der Waals surface area contributed by atoms with Crippen LogP contribution in [-0.2, 0) is 5.75 Å². The van der Waals surface area contributed by atoms with E-state index in [1.54, 1.807) is 11.8 Å². The highest BCUT2D eigenvalue weighted by Crippen LogP contribution is 2.41. The van der Waals surface area contributed by atoms with Gasteiger partial charge in [0.05, 0.1) is 0 Å². The van der Waals surface area contributed by atoms with Gasteiger partial charge in [-0.05, 0) is 30.5 Å². The van der Waals surface area contributed by atoms with Gasteiger partial charge in [0.2, 0.25) is 0 Å². The molecule has 22 heavy (non-hydrogen) atoms. The van der Waals surface area contributed by atoms with Crippen molar-refractivity contribution in [3.63, 3.8) is 0 Å². The van der Waals surface area contributed by atoms with E-state index in [9.17, 15) is 0 Å². The maximum absolute atomic E-state index is 4.46. The summed E-state index contributed by atoms with van der Waals surface area (Å²) in [5.74, 6) is 2.61. The highest BCUT2D eigenvalue weighted by atomic mass is 32.2. The Balaban J connectivity index is 1.65. The molecule has 0 bridgehead atoms. The van der Waals surface area contributed by atoms with E-state index in [0.717, 1.165) is 22.4 Å². The number of aromatic nitrogens is 3. The van der Waals surface area contributed by atoms with Gasteiger partial charge in [0, 0.05) is 17.4 Å². The zero-order valence-corrected chi connectivity index (χ0v) is 13.0. The summed E-state index contributed by atoms with van der Waals surface area (Å²) in [6.07, 6.45) is 2.46. The van der Waals surface area contributed by atoms with E-state index >= 15 is 0 Å². The maximum Gasteiger partial charge on any atom is 0.196 e. The summed E-state index contributed by atoms with van der Waals surface area (Å²) in [5.41, 5.74) is 2.47. The monoisotopic (exact) mass is 307 g/mol. The number of rotatable bonds is 5. The summed E-state index contributed by atoms with van der Waals surface area (Å²) in [6, 6.07) is 20.9. The second kappa shape index (κ2) is 5.97. The van der Waals surface area contributed by atoms with Crippen molar-refractivity contribution >= 4 is 11.8 Å². The lowest BCUT2D eigenvalue weighted by atomic mass is 10.2. The molecule has 110 valence electrons. The predicted octanol–water partition coefficient (Wildman–Crippen LogP) is 4.44. The number of thioether (sulfide) groups is 1. The summed E-state index contributed by atoms with van der Waals surface area (Å²) in [7, 11) is 0. The minimum Gasteiger partial charge on any atom is -0.274 e. The zero-order valence-electron chi connectivity index (χ0n) is 12.2. The summed E-state index contributed by atoms with van der Waals surface area (Å²) in [6.45, 7) is 0. The van der Waals surface area contributed by atoms with E-state index < -0.39 is 0 Å². The topological polar surface area (TPSA) is 30.7 Å². The number of para-hydroxylation sites is 1. The van der Waals surface area contributed by atoms with Gasteiger partial charge >= 0.3 is 0 Å². The van der Waals surface area contributed by atoms with Crippen LogP contribution in [-0.4, -0.2) is 14.8 Å². The molecule has 0 N–H and O–H groups in total. The first-order chi connectivity index (χ1) is 10.9. The van der Waals surface area contributed by atoms with Crippen molar-refractivity contribution in [1.82, 2.24) is 14.8 Å². The normalized spacial score (nSPS) is 14.2. The molecule has 1 aliphatic carbocycles. The lowest BCUT2D eigenvalue weighted by Crippen LogP contribution is -2.01. The predicted molar refractivity (Wildman–Crippen MR) is 89.3 cm³/mol. The molecule has 0 unspecified atom stereocenters. The van der Waals surface area contributed by atoms with Crippen LogP contribution in [0.5, 0.6) is 0 Å². The highest BCUT2D eigenvalue weighted by Gasteiger charge is 2.30. The largest absolute Gasteiger partial charge is 0.274 e. The molecule has 4 rings (SSSR count). The molecule has 1 saturated carbocycles. The highest BCUT2D eigenvalue weighted by molar-refractivity contribution is 7.98. The molecule has 2 aromatic carbocycles. The first kappa shape index (κ1) is 13.6. The molecule has 0 spiro atoms. The standard InChI is InChI=1S/C18H17N3S/c1-3-7-14(8-4-1)13-22-18-20-19-17(15-11-12-15)21(18)16-9-5-2-6-10-16/h1-10,15H,11-13H2. The van der Waals surface area contributed by atoms with E-state index in [-0.39, 0.29) is 0 Å². The Labute approximate surface area is 134 Å². The molecule has 0 amide bonds. The van der Waals surface area contributed by atoms with Gasteiger partial charge in [-0.15, -0.1) is 10.2 Å². The third-order valence-corrected chi connectivity index (χ3v) is 4.83. The number of hydrogen-bond donors (Lipinski definition) is 0. The average Bonchev–Trinajstić information content (AvgIpc) is 3.34. The maximum atomic E-state index is 4.46. The van der Waals surface area contributed by atoms with E-state index in [1.807, 2.05) is 12.1 Å². The van der Waals surface area contributed by atoms with Crippen molar-refractivity contribution in [1.29, 1.82) is 0 Å². The lowest BCUT2D eigenvalue weighted by Gasteiger charge is -2.09. The Morgan fingerprint density at radius 2 is 1.59 bits per heavy atom. The molecule has 0 atom stereocenters. The molecule has 1 heterocycles. The molecule has 4 heteroatoms. The molecule has 0 aliphatic heterocycles. The third-order valence-electron chi connectivity index (χ3n) is 3.83. The SMILES string of the molecule is c1ccc(CSc2nnc(C3CC3)n2-c2ccccc2)cc1. The second-order valence-electron chi connectivity index (χ2n) is 5.56. The fourth-order valence-corrected chi connectivity index (χ4v) is 3.44. The van der Waals surface area contributed by atoms with Crippen molar-refractivity contribution in [2.24, 2.45) is 0 Å². The van der Waals surface area contributed by atoms with Gasteiger partial charge in [-0.25, -0.2) is 0 Å². The molecular formula is C18H17N3S. The van der Waals surface area contributed by atoms with Crippen LogP contribution in [0.3, 0.4) is 0 Å².